The van der Waals surface area contributed by atoms with Crippen LogP contribution < -0.4 is 0 Å². The van der Waals surface area contributed by atoms with E-state index in [9.17, 15) is 4.79 Å². The van der Waals surface area contributed by atoms with Crippen molar-refractivity contribution in [3.63, 3.8) is 0 Å². The minimum atomic E-state index is -0.426. The molecule has 2 rings (SSSR count). The molecule has 2 saturated heterocycles. The SMILES string of the molecule is CC1OBOC1C1CCN(C(=O)OC(C)(C)C)CC1. The summed E-state index contributed by atoms with van der Waals surface area (Å²) in [5, 5.41) is 0. The van der Waals surface area contributed by atoms with Gasteiger partial charge in [-0.2, -0.15) is 0 Å². The standard InChI is InChI=1S/C13H24BNO4/c1-9-11(19-14-18-9)10-5-7-15(8-6-10)12(16)17-13(2,3)4/h9-11,14H,5-8H2,1-4H3. The maximum Gasteiger partial charge on any atom is 0.438 e. The molecule has 19 heavy (non-hydrogen) atoms. The lowest BCUT2D eigenvalue weighted by molar-refractivity contribution is 0.00905. The summed E-state index contributed by atoms with van der Waals surface area (Å²) >= 11 is 0. The van der Waals surface area contributed by atoms with Crippen molar-refractivity contribution >= 4 is 13.8 Å². The van der Waals surface area contributed by atoms with Gasteiger partial charge in [-0.15, -0.1) is 0 Å². The minimum absolute atomic E-state index is 0.165. The van der Waals surface area contributed by atoms with Crippen LogP contribution in [0.25, 0.3) is 0 Å². The minimum Gasteiger partial charge on any atom is -0.444 e. The van der Waals surface area contributed by atoms with Gasteiger partial charge in [0, 0.05) is 13.1 Å². The third-order valence-corrected chi connectivity index (χ3v) is 3.71. The number of hydrogen-bond donors (Lipinski definition) is 0. The van der Waals surface area contributed by atoms with Crippen LogP contribution in [-0.2, 0) is 14.0 Å². The van der Waals surface area contributed by atoms with Gasteiger partial charge in [-0.1, -0.05) is 0 Å². The Morgan fingerprint density at radius 3 is 2.37 bits per heavy atom. The highest BCUT2D eigenvalue weighted by Crippen LogP contribution is 2.28. The maximum absolute atomic E-state index is 12.0. The highest BCUT2D eigenvalue weighted by molar-refractivity contribution is 6.19. The lowest BCUT2D eigenvalue weighted by atomic mass is 9.89. The fourth-order valence-corrected chi connectivity index (χ4v) is 2.71. The van der Waals surface area contributed by atoms with Crippen LogP contribution in [0.1, 0.15) is 40.5 Å². The topological polar surface area (TPSA) is 48.0 Å². The Kier molecular flexibility index (Phi) is 4.41. The fraction of sp³-hybridized carbons (Fsp3) is 0.923. The van der Waals surface area contributed by atoms with E-state index in [0.717, 1.165) is 25.9 Å². The number of nitrogens with zero attached hydrogens (tertiary/aromatic N) is 1. The Balaban J connectivity index is 1.80. The number of amides is 1. The molecule has 0 aromatic carbocycles. The molecule has 0 bridgehead atoms. The summed E-state index contributed by atoms with van der Waals surface area (Å²) in [6, 6.07) is 0. The summed E-state index contributed by atoms with van der Waals surface area (Å²) in [5.41, 5.74) is -0.426. The number of piperidine rings is 1. The molecule has 2 atom stereocenters. The Morgan fingerprint density at radius 2 is 1.89 bits per heavy atom. The molecule has 108 valence electrons. The van der Waals surface area contributed by atoms with E-state index in [1.165, 1.54) is 0 Å². The van der Waals surface area contributed by atoms with E-state index >= 15 is 0 Å². The molecule has 5 nitrogen and oxygen atoms in total. The Morgan fingerprint density at radius 1 is 1.26 bits per heavy atom. The van der Waals surface area contributed by atoms with E-state index in [1.54, 1.807) is 4.90 Å². The molecule has 6 heteroatoms. The van der Waals surface area contributed by atoms with Crippen LogP contribution in [0.15, 0.2) is 0 Å². The van der Waals surface area contributed by atoms with Crippen LogP contribution in [0.5, 0.6) is 0 Å². The molecule has 2 heterocycles. The predicted molar refractivity (Wildman–Crippen MR) is 73.1 cm³/mol. The molecule has 0 saturated carbocycles. The molecule has 0 aromatic heterocycles. The zero-order chi connectivity index (χ0) is 14.0. The van der Waals surface area contributed by atoms with Crippen molar-refractivity contribution in [1.29, 1.82) is 0 Å². The van der Waals surface area contributed by atoms with E-state index in [4.69, 9.17) is 14.0 Å². The lowest BCUT2D eigenvalue weighted by Gasteiger charge is -2.36. The summed E-state index contributed by atoms with van der Waals surface area (Å²) < 4.78 is 16.4. The number of hydrogen-bond acceptors (Lipinski definition) is 4. The molecule has 0 aliphatic carbocycles. The van der Waals surface area contributed by atoms with Gasteiger partial charge < -0.3 is 18.9 Å². The van der Waals surface area contributed by atoms with Gasteiger partial charge in [0.05, 0.1) is 12.2 Å². The monoisotopic (exact) mass is 269 g/mol. The maximum atomic E-state index is 12.0. The molecule has 0 N–H and O–H groups in total. The van der Waals surface area contributed by atoms with Crippen molar-refractivity contribution in [2.75, 3.05) is 13.1 Å². The number of rotatable bonds is 1. The average molecular weight is 269 g/mol. The van der Waals surface area contributed by atoms with Gasteiger partial charge >= 0.3 is 13.8 Å². The van der Waals surface area contributed by atoms with E-state index in [1.807, 2.05) is 20.8 Å². The molecule has 1 amide bonds. The summed E-state index contributed by atoms with van der Waals surface area (Å²) in [6.07, 6.45) is 2.05. The van der Waals surface area contributed by atoms with Gasteiger partial charge in [-0.05, 0) is 46.5 Å². The van der Waals surface area contributed by atoms with Crippen molar-refractivity contribution in [2.24, 2.45) is 5.92 Å². The molecule has 2 aliphatic rings. The molecule has 0 aromatic rings. The zero-order valence-corrected chi connectivity index (χ0v) is 12.3. The van der Waals surface area contributed by atoms with E-state index in [0.29, 0.717) is 13.6 Å². The molecular formula is C13H24BNO4. The summed E-state index contributed by atoms with van der Waals surface area (Å²) in [7, 11) is 0.401. The molecule has 2 unspecified atom stereocenters. The average Bonchev–Trinajstić information content (AvgIpc) is 2.73. The van der Waals surface area contributed by atoms with Crippen LogP contribution in [0, 0.1) is 5.92 Å². The number of carbonyl (C=O) groups excluding carboxylic acids is 1. The molecule has 0 radical (unpaired) electrons. The van der Waals surface area contributed by atoms with Crippen molar-refractivity contribution < 1.29 is 18.8 Å². The van der Waals surface area contributed by atoms with Crippen LogP contribution in [0.2, 0.25) is 0 Å². The Hall–Kier alpha value is -0.745. The van der Waals surface area contributed by atoms with Crippen molar-refractivity contribution in [2.45, 2.75) is 58.3 Å². The van der Waals surface area contributed by atoms with Crippen molar-refractivity contribution in [3.05, 3.63) is 0 Å². The van der Waals surface area contributed by atoms with E-state index in [-0.39, 0.29) is 18.3 Å². The van der Waals surface area contributed by atoms with Crippen molar-refractivity contribution in [1.82, 2.24) is 4.90 Å². The highest BCUT2D eigenvalue weighted by Gasteiger charge is 2.36. The normalized spacial score (nSPS) is 29.2. The first-order valence-corrected chi connectivity index (χ1v) is 7.08. The molecule has 2 aliphatic heterocycles. The lowest BCUT2D eigenvalue weighted by Crippen LogP contribution is -2.44. The predicted octanol–water partition coefficient (Wildman–Crippen LogP) is 1.70. The first-order chi connectivity index (χ1) is 8.87. The first-order valence-electron chi connectivity index (χ1n) is 7.08. The fourth-order valence-electron chi connectivity index (χ4n) is 2.71. The summed E-state index contributed by atoms with van der Waals surface area (Å²) in [4.78, 5) is 13.7. The molecule has 2 fully saturated rings. The Bertz CT molecular complexity index is 323. The third-order valence-electron chi connectivity index (χ3n) is 3.71. The van der Waals surface area contributed by atoms with Crippen LogP contribution >= 0.6 is 0 Å². The third kappa shape index (κ3) is 3.86. The summed E-state index contributed by atoms with van der Waals surface area (Å²) in [5.74, 6) is 0.483. The van der Waals surface area contributed by atoms with Gasteiger partial charge in [-0.25, -0.2) is 4.79 Å². The second-order valence-corrected chi connectivity index (χ2v) is 6.43. The Labute approximate surface area is 115 Å². The van der Waals surface area contributed by atoms with Gasteiger partial charge in [0.15, 0.2) is 0 Å². The zero-order valence-electron chi connectivity index (χ0n) is 12.3. The number of ether oxygens (including phenoxy) is 1. The number of likely N-dealkylation sites (tertiary alicyclic amines) is 1. The van der Waals surface area contributed by atoms with Gasteiger partial charge in [0.2, 0.25) is 0 Å². The van der Waals surface area contributed by atoms with Gasteiger partial charge in [-0.3, -0.25) is 0 Å². The smallest absolute Gasteiger partial charge is 0.438 e. The molecule has 0 spiro atoms. The first kappa shape index (κ1) is 14.7. The van der Waals surface area contributed by atoms with E-state index in [2.05, 4.69) is 6.92 Å². The largest absolute Gasteiger partial charge is 0.444 e. The summed E-state index contributed by atoms with van der Waals surface area (Å²) in [6.45, 7) is 9.21. The van der Waals surface area contributed by atoms with Crippen LogP contribution in [-0.4, -0.2) is 49.6 Å². The quantitative estimate of drug-likeness (QED) is 0.680. The van der Waals surface area contributed by atoms with Crippen molar-refractivity contribution in [3.8, 4) is 0 Å². The van der Waals surface area contributed by atoms with E-state index < -0.39 is 5.60 Å². The highest BCUT2D eigenvalue weighted by atomic mass is 16.6. The van der Waals surface area contributed by atoms with Crippen LogP contribution in [0.4, 0.5) is 4.79 Å². The van der Waals surface area contributed by atoms with Gasteiger partial charge in [0.1, 0.15) is 5.60 Å². The van der Waals surface area contributed by atoms with Crippen LogP contribution in [0.3, 0.4) is 0 Å². The number of carbonyl (C=O) groups is 1. The second-order valence-electron chi connectivity index (χ2n) is 6.43. The second kappa shape index (κ2) is 5.71. The van der Waals surface area contributed by atoms with Gasteiger partial charge in [0.25, 0.3) is 0 Å². The molecular weight excluding hydrogens is 245 g/mol.